The molecule has 2 unspecified atom stereocenters. The minimum atomic E-state index is -1.02. The highest BCUT2D eigenvalue weighted by Gasteiger charge is 2.25. The Morgan fingerprint density at radius 3 is 2.57 bits per heavy atom. The Morgan fingerprint density at radius 2 is 2.14 bits per heavy atom. The van der Waals surface area contributed by atoms with Gasteiger partial charge in [0, 0.05) is 13.0 Å². The lowest BCUT2D eigenvalue weighted by Gasteiger charge is -2.11. The first-order chi connectivity index (χ1) is 6.59. The molecule has 1 aliphatic heterocycles. The Balaban J connectivity index is 2.22. The molecule has 1 rings (SSSR count). The van der Waals surface area contributed by atoms with Gasteiger partial charge in [-0.1, -0.05) is 0 Å². The molecule has 0 aromatic rings. The molecule has 6 nitrogen and oxygen atoms in total. The van der Waals surface area contributed by atoms with E-state index in [0.717, 1.165) is 0 Å². The summed E-state index contributed by atoms with van der Waals surface area (Å²) >= 11 is 0. The van der Waals surface area contributed by atoms with Gasteiger partial charge in [0.05, 0.1) is 12.7 Å². The van der Waals surface area contributed by atoms with Gasteiger partial charge in [-0.15, -0.1) is 0 Å². The Bertz CT molecular complexity index is 226. The van der Waals surface area contributed by atoms with Gasteiger partial charge in [0.15, 0.2) is 0 Å². The number of carbonyl (C=O) groups is 2. The average molecular weight is 203 g/mol. The lowest BCUT2D eigenvalue weighted by molar-refractivity contribution is -0.140. The van der Waals surface area contributed by atoms with Gasteiger partial charge in [-0.2, -0.15) is 0 Å². The number of carboxylic acid groups (broad SMARTS) is 2. The highest BCUT2D eigenvalue weighted by atomic mass is 16.6. The van der Waals surface area contributed by atoms with E-state index in [0.29, 0.717) is 13.2 Å². The third-order valence-corrected chi connectivity index (χ3v) is 1.94. The van der Waals surface area contributed by atoms with Crippen LogP contribution in [0.1, 0.15) is 12.8 Å². The summed E-state index contributed by atoms with van der Waals surface area (Å²) < 4.78 is 4.89. The molecule has 0 aromatic heterocycles. The van der Waals surface area contributed by atoms with Crippen LogP contribution in [0.3, 0.4) is 0 Å². The number of hydrogen-bond donors (Lipinski definition) is 3. The van der Waals surface area contributed by atoms with Gasteiger partial charge in [-0.3, -0.25) is 9.59 Å². The van der Waals surface area contributed by atoms with Crippen LogP contribution in [0.2, 0.25) is 0 Å². The highest BCUT2D eigenvalue weighted by molar-refractivity contribution is 5.75. The van der Waals surface area contributed by atoms with E-state index < -0.39 is 18.0 Å². The molecule has 0 aromatic carbocycles. The lowest BCUT2D eigenvalue weighted by atomic mass is 10.1. The van der Waals surface area contributed by atoms with Crippen molar-refractivity contribution < 1.29 is 24.5 Å². The fourth-order valence-corrected chi connectivity index (χ4v) is 1.04. The van der Waals surface area contributed by atoms with E-state index in [4.69, 9.17) is 14.9 Å². The molecule has 14 heavy (non-hydrogen) atoms. The van der Waals surface area contributed by atoms with E-state index in [-0.39, 0.29) is 18.9 Å². The first-order valence-corrected chi connectivity index (χ1v) is 4.39. The summed E-state index contributed by atoms with van der Waals surface area (Å²) in [5.74, 6) is -2.01. The standard InChI is InChI=1S/C8H13NO5/c10-7(11)2-1-6(8(12)13)9-3-5-4-14-5/h5-6,9H,1-4H2,(H,10,11)(H,12,13). The summed E-state index contributed by atoms with van der Waals surface area (Å²) in [6.07, 6.45) is 0.0500. The predicted molar refractivity (Wildman–Crippen MR) is 46.0 cm³/mol. The summed E-state index contributed by atoms with van der Waals surface area (Å²) in [7, 11) is 0. The molecule has 6 heteroatoms. The van der Waals surface area contributed by atoms with Crippen molar-refractivity contribution in [3.63, 3.8) is 0 Å². The number of hydrogen-bond acceptors (Lipinski definition) is 4. The topological polar surface area (TPSA) is 99.2 Å². The van der Waals surface area contributed by atoms with Crippen LogP contribution in [-0.4, -0.2) is 47.4 Å². The van der Waals surface area contributed by atoms with E-state index >= 15 is 0 Å². The average Bonchev–Trinajstić information content (AvgIpc) is 2.86. The maximum atomic E-state index is 10.6. The molecule has 80 valence electrons. The second-order valence-electron chi connectivity index (χ2n) is 3.19. The van der Waals surface area contributed by atoms with E-state index in [1.54, 1.807) is 0 Å². The normalized spacial score (nSPS) is 21.6. The molecule has 0 bridgehead atoms. The SMILES string of the molecule is O=C(O)CCC(NCC1CO1)C(=O)O. The molecule has 1 saturated heterocycles. The van der Waals surface area contributed by atoms with Crippen molar-refractivity contribution in [1.29, 1.82) is 0 Å². The van der Waals surface area contributed by atoms with E-state index in [1.165, 1.54) is 0 Å². The van der Waals surface area contributed by atoms with Crippen LogP contribution in [-0.2, 0) is 14.3 Å². The van der Waals surface area contributed by atoms with Gasteiger partial charge in [-0.05, 0) is 6.42 Å². The van der Waals surface area contributed by atoms with E-state index in [1.807, 2.05) is 0 Å². The Morgan fingerprint density at radius 1 is 1.50 bits per heavy atom. The summed E-state index contributed by atoms with van der Waals surface area (Å²) in [5, 5.41) is 19.9. The summed E-state index contributed by atoms with van der Waals surface area (Å²) in [4.78, 5) is 20.9. The molecule has 2 atom stereocenters. The number of nitrogens with one attached hydrogen (secondary N) is 1. The number of ether oxygens (including phenoxy) is 1. The molecule has 0 aliphatic carbocycles. The Labute approximate surface area is 80.9 Å². The van der Waals surface area contributed by atoms with Crippen LogP contribution in [0, 0.1) is 0 Å². The molecular formula is C8H13NO5. The maximum Gasteiger partial charge on any atom is 0.320 e. The van der Waals surface area contributed by atoms with Crippen molar-refractivity contribution in [2.24, 2.45) is 0 Å². The molecule has 0 amide bonds. The second-order valence-corrected chi connectivity index (χ2v) is 3.19. The molecule has 1 heterocycles. The van der Waals surface area contributed by atoms with Gasteiger partial charge in [0.2, 0.25) is 0 Å². The van der Waals surface area contributed by atoms with Crippen LogP contribution >= 0.6 is 0 Å². The van der Waals surface area contributed by atoms with Crippen molar-refractivity contribution in [3.8, 4) is 0 Å². The highest BCUT2D eigenvalue weighted by Crippen LogP contribution is 2.07. The monoisotopic (exact) mass is 203 g/mol. The number of aliphatic carboxylic acids is 2. The minimum Gasteiger partial charge on any atom is -0.481 e. The lowest BCUT2D eigenvalue weighted by Crippen LogP contribution is -2.39. The number of epoxide rings is 1. The van der Waals surface area contributed by atoms with E-state index in [9.17, 15) is 9.59 Å². The Kier molecular flexibility index (Phi) is 3.84. The van der Waals surface area contributed by atoms with Gasteiger partial charge >= 0.3 is 11.9 Å². The Hall–Kier alpha value is -1.14. The van der Waals surface area contributed by atoms with Gasteiger partial charge in [-0.25, -0.2) is 0 Å². The molecule has 0 saturated carbocycles. The molecule has 1 aliphatic rings. The van der Waals surface area contributed by atoms with Crippen molar-refractivity contribution in [2.45, 2.75) is 25.0 Å². The van der Waals surface area contributed by atoms with Crippen LogP contribution in [0.5, 0.6) is 0 Å². The fourth-order valence-electron chi connectivity index (χ4n) is 1.04. The molecule has 0 radical (unpaired) electrons. The van der Waals surface area contributed by atoms with Crippen LogP contribution in [0.15, 0.2) is 0 Å². The second kappa shape index (κ2) is 4.92. The zero-order valence-electron chi connectivity index (χ0n) is 7.60. The molecule has 0 spiro atoms. The third kappa shape index (κ3) is 4.20. The largest absolute Gasteiger partial charge is 0.481 e. The predicted octanol–water partition coefficient (Wildman–Crippen LogP) is -0.707. The molecular weight excluding hydrogens is 190 g/mol. The maximum absolute atomic E-state index is 10.6. The van der Waals surface area contributed by atoms with Crippen molar-refractivity contribution >= 4 is 11.9 Å². The first-order valence-electron chi connectivity index (χ1n) is 4.39. The van der Waals surface area contributed by atoms with Crippen LogP contribution < -0.4 is 5.32 Å². The quantitative estimate of drug-likeness (QED) is 0.473. The fraction of sp³-hybridized carbons (Fsp3) is 0.750. The van der Waals surface area contributed by atoms with Crippen LogP contribution in [0.4, 0.5) is 0 Å². The summed E-state index contributed by atoms with van der Waals surface area (Å²) in [5.41, 5.74) is 0. The summed E-state index contributed by atoms with van der Waals surface area (Å²) in [6.45, 7) is 1.12. The van der Waals surface area contributed by atoms with Gasteiger partial charge in [0.25, 0.3) is 0 Å². The van der Waals surface area contributed by atoms with Crippen molar-refractivity contribution in [3.05, 3.63) is 0 Å². The minimum absolute atomic E-state index is 0.0946. The number of carboxylic acids is 2. The van der Waals surface area contributed by atoms with Crippen molar-refractivity contribution in [2.75, 3.05) is 13.2 Å². The number of rotatable bonds is 7. The summed E-state index contributed by atoms with van der Waals surface area (Å²) in [6, 6.07) is -0.796. The van der Waals surface area contributed by atoms with Crippen LogP contribution in [0.25, 0.3) is 0 Å². The zero-order chi connectivity index (χ0) is 10.6. The first kappa shape index (κ1) is 10.9. The zero-order valence-corrected chi connectivity index (χ0v) is 7.60. The molecule has 1 fully saturated rings. The van der Waals surface area contributed by atoms with Gasteiger partial charge in [0.1, 0.15) is 6.04 Å². The molecule has 3 N–H and O–H groups in total. The smallest absolute Gasteiger partial charge is 0.320 e. The third-order valence-electron chi connectivity index (χ3n) is 1.94. The van der Waals surface area contributed by atoms with E-state index in [2.05, 4.69) is 5.32 Å². The van der Waals surface area contributed by atoms with Gasteiger partial charge < -0.3 is 20.3 Å². The van der Waals surface area contributed by atoms with Crippen molar-refractivity contribution in [1.82, 2.24) is 5.32 Å².